The summed E-state index contributed by atoms with van der Waals surface area (Å²) in [5.41, 5.74) is 2.60. The van der Waals surface area contributed by atoms with E-state index < -0.39 is 0 Å². The first-order valence-electron chi connectivity index (χ1n) is 8.95. The number of aromatic nitrogens is 3. The lowest BCUT2D eigenvalue weighted by Gasteiger charge is -2.12. The molecular formula is C20H21Cl2N5OS. The van der Waals surface area contributed by atoms with Crippen molar-refractivity contribution in [2.45, 2.75) is 30.8 Å². The number of halogens is 2. The van der Waals surface area contributed by atoms with Crippen molar-refractivity contribution in [3.05, 3.63) is 63.9 Å². The number of carbonyl (C=O) groups excluding carboxylic acids is 1. The molecular weight excluding hydrogens is 429 g/mol. The smallest absolute Gasteiger partial charge is 0.237 e. The van der Waals surface area contributed by atoms with Crippen molar-refractivity contribution in [1.29, 1.82) is 0 Å². The van der Waals surface area contributed by atoms with Gasteiger partial charge >= 0.3 is 0 Å². The first kappa shape index (κ1) is 21.5. The molecule has 0 fully saturated rings. The van der Waals surface area contributed by atoms with Gasteiger partial charge < -0.3 is 15.2 Å². The molecule has 2 aromatic carbocycles. The van der Waals surface area contributed by atoms with Gasteiger partial charge in [-0.05, 0) is 49.7 Å². The number of aryl methyl sites for hydroxylation is 1. The Bertz CT molecular complexity index is 1020. The lowest BCUT2D eigenvalue weighted by Crippen LogP contribution is -2.22. The number of rotatable bonds is 7. The van der Waals surface area contributed by atoms with Gasteiger partial charge in [0.25, 0.3) is 0 Å². The van der Waals surface area contributed by atoms with Crippen LogP contribution in [0.25, 0.3) is 0 Å². The van der Waals surface area contributed by atoms with Crippen LogP contribution in [0.5, 0.6) is 0 Å². The SMILES string of the molecule is Cc1ccc(NCc2nnc(S[C@H](C)C(=O)Nc3cccc(Cl)c3)n2C)cc1Cl. The minimum atomic E-state index is -0.353. The van der Waals surface area contributed by atoms with E-state index in [1.54, 1.807) is 24.3 Å². The van der Waals surface area contributed by atoms with Crippen LogP contribution in [0.15, 0.2) is 47.6 Å². The number of hydrogen-bond donors (Lipinski definition) is 2. The fraction of sp³-hybridized carbons (Fsp3) is 0.250. The average molecular weight is 450 g/mol. The van der Waals surface area contributed by atoms with Gasteiger partial charge in [-0.25, -0.2) is 0 Å². The molecule has 1 aromatic heterocycles. The van der Waals surface area contributed by atoms with E-state index in [0.717, 1.165) is 17.1 Å². The fourth-order valence-electron chi connectivity index (χ4n) is 2.51. The van der Waals surface area contributed by atoms with E-state index in [1.165, 1.54) is 11.8 Å². The van der Waals surface area contributed by atoms with Crippen LogP contribution in [0.3, 0.4) is 0 Å². The van der Waals surface area contributed by atoms with E-state index in [9.17, 15) is 4.79 Å². The minimum absolute atomic E-state index is 0.130. The number of benzene rings is 2. The molecule has 0 bridgehead atoms. The lowest BCUT2D eigenvalue weighted by atomic mass is 10.2. The zero-order chi connectivity index (χ0) is 21.0. The number of amides is 1. The largest absolute Gasteiger partial charge is 0.378 e. The predicted molar refractivity (Wildman–Crippen MR) is 120 cm³/mol. The number of carbonyl (C=O) groups is 1. The van der Waals surface area contributed by atoms with Crippen LogP contribution >= 0.6 is 35.0 Å². The van der Waals surface area contributed by atoms with Gasteiger partial charge in [0, 0.05) is 28.5 Å². The van der Waals surface area contributed by atoms with E-state index >= 15 is 0 Å². The van der Waals surface area contributed by atoms with Crippen LogP contribution in [0.1, 0.15) is 18.3 Å². The predicted octanol–water partition coefficient (Wildman–Crippen LogP) is 5.16. The Kier molecular flexibility index (Phi) is 7.05. The summed E-state index contributed by atoms with van der Waals surface area (Å²) in [7, 11) is 1.88. The Morgan fingerprint density at radius 3 is 2.69 bits per heavy atom. The zero-order valence-corrected chi connectivity index (χ0v) is 18.6. The van der Waals surface area contributed by atoms with Crippen LogP contribution in [0.2, 0.25) is 10.0 Å². The molecule has 0 aliphatic rings. The summed E-state index contributed by atoms with van der Waals surface area (Å²) < 4.78 is 1.87. The average Bonchev–Trinajstić information content (AvgIpc) is 3.02. The van der Waals surface area contributed by atoms with Gasteiger partial charge in [-0.15, -0.1) is 10.2 Å². The topological polar surface area (TPSA) is 71.8 Å². The minimum Gasteiger partial charge on any atom is -0.378 e. The Labute approximate surface area is 184 Å². The summed E-state index contributed by atoms with van der Waals surface area (Å²) in [6, 6.07) is 12.9. The highest BCUT2D eigenvalue weighted by molar-refractivity contribution is 8.00. The molecule has 3 rings (SSSR count). The number of nitrogens with one attached hydrogen (secondary N) is 2. The van der Waals surface area contributed by atoms with Crippen molar-refractivity contribution in [1.82, 2.24) is 14.8 Å². The van der Waals surface area contributed by atoms with Gasteiger partial charge in [-0.1, -0.05) is 47.1 Å². The fourth-order valence-corrected chi connectivity index (χ4v) is 3.71. The molecule has 0 saturated heterocycles. The third-order valence-corrected chi connectivity index (χ3v) is 6.07. The van der Waals surface area contributed by atoms with E-state index in [1.807, 2.05) is 43.7 Å². The molecule has 0 aliphatic heterocycles. The van der Waals surface area contributed by atoms with Crippen molar-refractivity contribution in [2.24, 2.45) is 7.05 Å². The summed E-state index contributed by atoms with van der Waals surface area (Å²) in [6.07, 6.45) is 0. The second-order valence-corrected chi connectivity index (χ2v) is 8.69. The highest BCUT2D eigenvalue weighted by atomic mass is 35.5. The molecule has 152 valence electrons. The lowest BCUT2D eigenvalue weighted by molar-refractivity contribution is -0.115. The van der Waals surface area contributed by atoms with Crippen LogP contribution < -0.4 is 10.6 Å². The van der Waals surface area contributed by atoms with Crippen molar-refractivity contribution >= 4 is 52.2 Å². The summed E-state index contributed by atoms with van der Waals surface area (Å²) in [5, 5.41) is 16.2. The monoisotopic (exact) mass is 449 g/mol. The van der Waals surface area contributed by atoms with E-state index in [0.29, 0.717) is 27.4 Å². The number of thioether (sulfide) groups is 1. The number of hydrogen-bond acceptors (Lipinski definition) is 5. The van der Waals surface area contributed by atoms with Crippen molar-refractivity contribution in [3.8, 4) is 0 Å². The number of anilines is 2. The first-order chi connectivity index (χ1) is 13.8. The van der Waals surface area contributed by atoms with Crippen molar-refractivity contribution < 1.29 is 4.79 Å². The third-order valence-electron chi connectivity index (χ3n) is 4.29. The van der Waals surface area contributed by atoms with Gasteiger partial charge in [0.05, 0.1) is 11.8 Å². The molecule has 0 saturated carbocycles. The summed E-state index contributed by atoms with van der Waals surface area (Å²) in [4.78, 5) is 12.5. The molecule has 0 aliphatic carbocycles. The molecule has 0 unspecified atom stereocenters. The zero-order valence-electron chi connectivity index (χ0n) is 16.2. The molecule has 9 heteroatoms. The maximum atomic E-state index is 12.5. The second-order valence-electron chi connectivity index (χ2n) is 6.54. The van der Waals surface area contributed by atoms with Crippen molar-refractivity contribution in [3.63, 3.8) is 0 Å². The van der Waals surface area contributed by atoms with Gasteiger partial charge in [0.2, 0.25) is 5.91 Å². The Balaban J connectivity index is 1.59. The van der Waals surface area contributed by atoms with E-state index in [4.69, 9.17) is 23.2 Å². The summed E-state index contributed by atoms with van der Waals surface area (Å²) in [5.74, 6) is 0.626. The van der Waals surface area contributed by atoms with E-state index in [2.05, 4.69) is 20.8 Å². The molecule has 1 heterocycles. The second kappa shape index (κ2) is 9.52. The molecule has 1 amide bonds. The summed E-state index contributed by atoms with van der Waals surface area (Å²) in [6.45, 7) is 4.28. The quantitative estimate of drug-likeness (QED) is 0.487. The van der Waals surface area contributed by atoms with Gasteiger partial charge in [0.15, 0.2) is 11.0 Å². The highest BCUT2D eigenvalue weighted by Gasteiger charge is 2.19. The van der Waals surface area contributed by atoms with Crippen LogP contribution in [-0.2, 0) is 18.4 Å². The van der Waals surface area contributed by atoms with Crippen LogP contribution in [-0.4, -0.2) is 25.9 Å². The van der Waals surface area contributed by atoms with Gasteiger partial charge in [-0.2, -0.15) is 0 Å². The molecule has 0 spiro atoms. The summed E-state index contributed by atoms with van der Waals surface area (Å²) >= 11 is 13.5. The Morgan fingerprint density at radius 1 is 1.17 bits per heavy atom. The highest BCUT2D eigenvalue weighted by Crippen LogP contribution is 2.24. The normalized spacial score (nSPS) is 11.9. The standard InChI is InChI=1S/C20H21Cl2N5OS/c1-12-7-8-15(10-17(12)22)23-11-18-25-26-20(27(18)3)29-13(2)19(28)24-16-6-4-5-14(21)9-16/h4-10,13,23H,11H2,1-3H3,(H,24,28)/t13-/m1/s1. The number of nitrogens with zero attached hydrogens (tertiary/aromatic N) is 3. The van der Waals surface area contributed by atoms with Crippen LogP contribution in [0.4, 0.5) is 11.4 Å². The molecule has 29 heavy (non-hydrogen) atoms. The van der Waals surface area contributed by atoms with Crippen LogP contribution in [0, 0.1) is 6.92 Å². The maximum Gasteiger partial charge on any atom is 0.237 e. The molecule has 6 nitrogen and oxygen atoms in total. The Hall–Kier alpha value is -2.22. The van der Waals surface area contributed by atoms with Crippen molar-refractivity contribution in [2.75, 3.05) is 10.6 Å². The van der Waals surface area contributed by atoms with E-state index in [-0.39, 0.29) is 11.2 Å². The first-order valence-corrected chi connectivity index (χ1v) is 10.6. The Morgan fingerprint density at radius 2 is 1.97 bits per heavy atom. The molecule has 0 radical (unpaired) electrons. The van der Waals surface area contributed by atoms with Gasteiger partial charge in [-0.3, -0.25) is 4.79 Å². The molecule has 1 atom stereocenters. The third kappa shape index (κ3) is 5.65. The maximum absolute atomic E-state index is 12.5. The molecule has 2 N–H and O–H groups in total. The molecule has 3 aromatic rings. The van der Waals surface area contributed by atoms with Gasteiger partial charge in [0.1, 0.15) is 0 Å².